The van der Waals surface area contributed by atoms with Gasteiger partial charge in [0.15, 0.2) is 0 Å². The minimum absolute atomic E-state index is 0.0244. The molecule has 120 valence electrons. The number of morpholine rings is 1. The van der Waals surface area contributed by atoms with Gasteiger partial charge in [0.1, 0.15) is 5.15 Å². The summed E-state index contributed by atoms with van der Waals surface area (Å²) >= 11 is 5.73. The third kappa shape index (κ3) is 4.07. The molecule has 0 bridgehead atoms. The quantitative estimate of drug-likeness (QED) is 0.849. The van der Waals surface area contributed by atoms with Crippen molar-refractivity contribution in [1.29, 1.82) is 0 Å². The van der Waals surface area contributed by atoms with E-state index in [2.05, 4.69) is 15.6 Å². The second-order valence-corrected chi connectivity index (χ2v) is 5.93. The second kappa shape index (κ2) is 7.08. The maximum absolute atomic E-state index is 12.2. The maximum atomic E-state index is 12.2. The molecule has 6 heteroatoms. The molecule has 1 saturated heterocycles. The van der Waals surface area contributed by atoms with E-state index in [4.69, 9.17) is 16.3 Å². The summed E-state index contributed by atoms with van der Waals surface area (Å²) in [5.74, 6) is -0.184. The van der Waals surface area contributed by atoms with Gasteiger partial charge in [-0.15, -0.1) is 0 Å². The topological polar surface area (TPSA) is 63.2 Å². The maximum Gasteiger partial charge on any atom is 0.255 e. The molecule has 1 aliphatic heterocycles. The zero-order chi connectivity index (χ0) is 16.2. The van der Waals surface area contributed by atoms with Gasteiger partial charge in [-0.3, -0.25) is 4.79 Å². The second-order valence-electron chi connectivity index (χ2n) is 5.54. The molecule has 0 aliphatic carbocycles. The number of hydrogen-bond donors (Lipinski definition) is 2. The molecule has 2 atom stereocenters. The fourth-order valence-electron chi connectivity index (χ4n) is 2.49. The number of amides is 1. The predicted octanol–water partition coefficient (Wildman–Crippen LogP) is 3.04. The van der Waals surface area contributed by atoms with Crippen molar-refractivity contribution in [2.45, 2.75) is 19.1 Å². The van der Waals surface area contributed by atoms with Crippen molar-refractivity contribution in [3.63, 3.8) is 0 Å². The Morgan fingerprint density at radius 2 is 2.04 bits per heavy atom. The smallest absolute Gasteiger partial charge is 0.255 e. The number of ether oxygens (including phenoxy) is 1. The van der Waals surface area contributed by atoms with Gasteiger partial charge in [0, 0.05) is 18.7 Å². The first-order valence-electron chi connectivity index (χ1n) is 7.51. The van der Waals surface area contributed by atoms with Gasteiger partial charge < -0.3 is 15.4 Å². The van der Waals surface area contributed by atoms with Crippen LogP contribution in [0.4, 0.5) is 5.69 Å². The van der Waals surface area contributed by atoms with E-state index in [1.807, 2.05) is 19.1 Å². The molecule has 0 spiro atoms. The van der Waals surface area contributed by atoms with Crippen molar-refractivity contribution < 1.29 is 9.53 Å². The van der Waals surface area contributed by atoms with E-state index in [0.717, 1.165) is 18.7 Å². The van der Waals surface area contributed by atoms with E-state index in [1.54, 1.807) is 24.3 Å². The molecular weight excluding hydrogens is 314 g/mol. The van der Waals surface area contributed by atoms with Crippen molar-refractivity contribution in [2.75, 3.05) is 18.4 Å². The number of anilines is 1. The molecule has 2 N–H and O–H groups in total. The molecule has 1 amide bonds. The monoisotopic (exact) mass is 331 g/mol. The number of aromatic nitrogens is 1. The highest BCUT2D eigenvalue weighted by molar-refractivity contribution is 6.29. The summed E-state index contributed by atoms with van der Waals surface area (Å²) in [6.07, 6.45) is 1.74. The highest BCUT2D eigenvalue weighted by atomic mass is 35.5. The summed E-state index contributed by atoms with van der Waals surface area (Å²) in [5.41, 5.74) is 2.26. The van der Waals surface area contributed by atoms with Crippen LogP contribution in [-0.2, 0) is 4.74 Å². The summed E-state index contributed by atoms with van der Waals surface area (Å²) in [5, 5.41) is 6.51. The minimum Gasteiger partial charge on any atom is -0.368 e. The van der Waals surface area contributed by atoms with E-state index < -0.39 is 0 Å². The molecule has 0 radical (unpaired) electrons. The zero-order valence-electron chi connectivity index (χ0n) is 12.8. The Balaban J connectivity index is 1.66. The van der Waals surface area contributed by atoms with E-state index >= 15 is 0 Å². The molecule has 2 heterocycles. The lowest BCUT2D eigenvalue weighted by atomic mass is 10.0. The van der Waals surface area contributed by atoms with Crippen LogP contribution in [-0.4, -0.2) is 30.1 Å². The lowest BCUT2D eigenvalue weighted by Crippen LogP contribution is -2.38. The first kappa shape index (κ1) is 15.9. The number of nitrogens with zero attached hydrogens (tertiary/aromatic N) is 1. The molecule has 1 aliphatic rings. The fraction of sp³-hybridized carbons (Fsp3) is 0.294. The van der Waals surface area contributed by atoms with Gasteiger partial charge in [0.2, 0.25) is 0 Å². The summed E-state index contributed by atoms with van der Waals surface area (Å²) < 4.78 is 5.90. The van der Waals surface area contributed by atoms with Gasteiger partial charge in [-0.25, -0.2) is 4.98 Å². The van der Waals surface area contributed by atoms with Crippen molar-refractivity contribution >= 4 is 23.2 Å². The lowest BCUT2D eigenvalue weighted by molar-refractivity contribution is -0.0287. The van der Waals surface area contributed by atoms with E-state index in [9.17, 15) is 4.79 Å². The van der Waals surface area contributed by atoms with Gasteiger partial charge in [-0.05, 0) is 36.8 Å². The SMILES string of the molecule is C[C@@H]1CNC[C@H](c2ccc(C(=O)Nc3ccc(Cl)nc3)cc2)O1. The van der Waals surface area contributed by atoms with Gasteiger partial charge in [-0.1, -0.05) is 23.7 Å². The van der Waals surface area contributed by atoms with Crippen LogP contribution in [0.15, 0.2) is 42.6 Å². The molecule has 2 aromatic rings. The van der Waals surface area contributed by atoms with Crippen LogP contribution in [0, 0.1) is 0 Å². The normalized spacial score (nSPS) is 21.0. The molecule has 23 heavy (non-hydrogen) atoms. The van der Waals surface area contributed by atoms with Gasteiger partial charge >= 0.3 is 0 Å². The summed E-state index contributed by atoms with van der Waals surface area (Å²) in [6, 6.07) is 10.8. The van der Waals surface area contributed by atoms with E-state index in [1.165, 1.54) is 6.20 Å². The zero-order valence-corrected chi connectivity index (χ0v) is 13.5. The van der Waals surface area contributed by atoms with Gasteiger partial charge in [-0.2, -0.15) is 0 Å². The summed E-state index contributed by atoms with van der Waals surface area (Å²) in [7, 11) is 0. The Bertz CT molecular complexity index is 673. The third-order valence-corrected chi connectivity index (χ3v) is 3.91. The Morgan fingerprint density at radius 1 is 1.26 bits per heavy atom. The average molecular weight is 332 g/mol. The van der Waals surface area contributed by atoms with E-state index in [0.29, 0.717) is 16.4 Å². The molecule has 1 aromatic carbocycles. The average Bonchev–Trinajstić information content (AvgIpc) is 2.57. The molecule has 1 fully saturated rings. The number of carbonyl (C=O) groups excluding carboxylic acids is 1. The first-order chi connectivity index (χ1) is 11.1. The largest absolute Gasteiger partial charge is 0.368 e. The number of hydrogen-bond acceptors (Lipinski definition) is 4. The van der Waals surface area contributed by atoms with Crippen molar-refractivity contribution in [1.82, 2.24) is 10.3 Å². The third-order valence-electron chi connectivity index (χ3n) is 3.69. The van der Waals surface area contributed by atoms with Gasteiger partial charge in [0.25, 0.3) is 5.91 Å². The standard InChI is InChI=1S/C17H18ClN3O2/c1-11-8-19-10-15(23-11)12-2-4-13(5-3-12)17(22)21-14-6-7-16(18)20-9-14/h2-7,9,11,15,19H,8,10H2,1H3,(H,21,22)/t11-,15-/m1/s1. The van der Waals surface area contributed by atoms with Crippen LogP contribution in [0.5, 0.6) is 0 Å². The molecule has 5 nitrogen and oxygen atoms in total. The number of rotatable bonds is 3. The van der Waals surface area contributed by atoms with Crippen molar-refractivity contribution in [3.8, 4) is 0 Å². The minimum atomic E-state index is -0.184. The number of carbonyl (C=O) groups is 1. The first-order valence-corrected chi connectivity index (χ1v) is 7.88. The summed E-state index contributed by atoms with van der Waals surface area (Å²) in [6.45, 7) is 3.69. The number of nitrogens with one attached hydrogen (secondary N) is 2. The van der Waals surface area contributed by atoms with Crippen LogP contribution < -0.4 is 10.6 Å². The van der Waals surface area contributed by atoms with Gasteiger partial charge in [0.05, 0.1) is 24.1 Å². The fourth-order valence-corrected chi connectivity index (χ4v) is 2.60. The molecule has 1 aromatic heterocycles. The highest BCUT2D eigenvalue weighted by Crippen LogP contribution is 2.22. The van der Waals surface area contributed by atoms with Crippen LogP contribution >= 0.6 is 11.6 Å². The Kier molecular flexibility index (Phi) is 4.91. The predicted molar refractivity (Wildman–Crippen MR) is 89.8 cm³/mol. The van der Waals surface area contributed by atoms with Crippen molar-refractivity contribution in [3.05, 3.63) is 58.9 Å². The molecule has 0 saturated carbocycles. The number of pyridine rings is 1. The van der Waals surface area contributed by atoms with Crippen LogP contribution in [0.2, 0.25) is 5.15 Å². The Hall–Kier alpha value is -1.95. The lowest BCUT2D eigenvalue weighted by Gasteiger charge is -2.29. The highest BCUT2D eigenvalue weighted by Gasteiger charge is 2.20. The van der Waals surface area contributed by atoms with E-state index in [-0.39, 0.29) is 18.1 Å². The number of benzene rings is 1. The van der Waals surface area contributed by atoms with Crippen molar-refractivity contribution in [2.24, 2.45) is 0 Å². The summed E-state index contributed by atoms with van der Waals surface area (Å²) in [4.78, 5) is 16.2. The number of halogens is 1. The molecule has 0 unspecified atom stereocenters. The van der Waals surface area contributed by atoms with Crippen LogP contribution in [0.1, 0.15) is 28.9 Å². The molecule has 3 rings (SSSR count). The van der Waals surface area contributed by atoms with Crippen LogP contribution in [0.3, 0.4) is 0 Å². The Labute approximate surface area is 140 Å². The van der Waals surface area contributed by atoms with Crippen LogP contribution in [0.25, 0.3) is 0 Å². The molecular formula is C17H18ClN3O2. The Morgan fingerprint density at radius 3 is 2.70 bits per heavy atom.